The number of aliphatic hydroxyl groups is 1. The molecule has 190 valence electrons. The van der Waals surface area contributed by atoms with E-state index in [9.17, 15) is 40.7 Å². The standard InChI is InChI=1S/C23H24F4N2O5S/c1-13(11-24)21(31)29-12-14-10-17(35(3,33)34)8-9-18(14)19(29)20(30)28-16-6-4-15(5-7-16)22(2,32)23(25,26)27/h4-10,13,19,32H,11-12H2,1-3H3,(H,28,30). The summed E-state index contributed by atoms with van der Waals surface area (Å²) < 4.78 is 76.3. The van der Waals surface area contributed by atoms with Crippen LogP contribution in [0.25, 0.3) is 0 Å². The molecule has 0 bridgehead atoms. The van der Waals surface area contributed by atoms with Gasteiger partial charge in [0.1, 0.15) is 12.7 Å². The van der Waals surface area contributed by atoms with Gasteiger partial charge in [-0.3, -0.25) is 14.0 Å². The van der Waals surface area contributed by atoms with Gasteiger partial charge in [-0.1, -0.05) is 25.1 Å². The van der Waals surface area contributed by atoms with Crippen LogP contribution in [0.5, 0.6) is 0 Å². The van der Waals surface area contributed by atoms with E-state index in [4.69, 9.17) is 0 Å². The van der Waals surface area contributed by atoms with Crippen molar-refractivity contribution >= 4 is 27.3 Å². The lowest BCUT2D eigenvalue weighted by Crippen LogP contribution is -2.40. The summed E-state index contributed by atoms with van der Waals surface area (Å²) in [5, 5.41) is 12.3. The lowest BCUT2D eigenvalue weighted by atomic mass is 9.95. The Labute approximate surface area is 199 Å². The van der Waals surface area contributed by atoms with E-state index < -0.39 is 57.6 Å². The van der Waals surface area contributed by atoms with Crippen molar-refractivity contribution in [2.45, 2.75) is 43.1 Å². The molecule has 7 nitrogen and oxygen atoms in total. The molecule has 2 aromatic rings. The Bertz CT molecular complexity index is 1240. The molecule has 2 aromatic carbocycles. The van der Waals surface area contributed by atoms with E-state index in [2.05, 4.69) is 5.32 Å². The molecular weight excluding hydrogens is 492 g/mol. The highest BCUT2D eigenvalue weighted by molar-refractivity contribution is 7.90. The highest BCUT2D eigenvalue weighted by Crippen LogP contribution is 2.39. The number of nitrogens with one attached hydrogen (secondary N) is 1. The summed E-state index contributed by atoms with van der Waals surface area (Å²) in [5.74, 6) is -2.41. The molecule has 0 radical (unpaired) electrons. The lowest BCUT2D eigenvalue weighted by molar-refractivity contribution is -0.258. The van der Waals surface area contributed by atoms with Gasteiger partial charge in [0.2, 0.25) is 5.91 Å². The third-order valence-corrected chi connectivity index (χ3v) is 7.05. The molecule has 1 heterocycles. The molecule has 0 saturated carbocycles. The quantitative estimate of drug-likeness (QED) is 0.573. The minimum atomic E-state index is -4.91. The molecule has 12 heteroatoms. The van der Waals surface area contributed by atoms with Crippen LogP contribution in [-0.4, -0.2) is 49.3 Å². The van der Waals surface area contributed by atoms with Crippen LogP contribution in [0.1, 0.15) is 36.6 Å². The van der Waals surface area contributed by atoms with Gasteiger partial charge < -0.3 is 15.3 Å². The van der Waals surface area contributed by atoms with E-state index in [-0.39, 0.29) is 17.1 Å². The topological polar surface area (TPSA) is 104 Å². The number of carbonyl (C=O) groups is 2. The minimum absolute atomic E-state index is 0.00412. The molecule has 3 atom stereocenters. The molecule has 35 heavy (non-hydrogen) atoms. The number of carbonyl (C=O) groups excluding carboxylic acids is 2. The summed E-state index contributed by atoms with van der Waals surface area (Å²) in [6, 6.07) is 7.22. The van der Waals surface area contributed by atoms with E-state index in [1.165, 1.54) is 37.3 Å². The first-order valence-corrected chi connectivity index (χ1v) is 12.4. The van der Waals surface area contributed by atoms with Gasteiger partial charge in [-0.15, -0.1) is 0 Å². The normalized spacial score (nSPS) is 18.5. The fraction of sp³-hybridized carbons (Fsp3) is 0.391. The molecule has 0 spiro atoms. The van der Waals surface area contributed by atoms with Crippen LogP contribution >= 0.6 is 0 Å². The van der Waals surface area contributed by atoms with Crippen molar-refractivity contribution in [3.8, 4) is 0 Å². The van der Waals surface area contributed by atoms with Crippen molar-refractivity contribution in [2.24, 2.45) is 5.92 Å². The largest absolute Gasteiger partial charge is 0.421 e. The summed E-state index contributed by atoms with van der Waals surface area (Å²) >= 11 is 0. The van der Waals surface area contributed by atoms with Gasteiger partial charge in [0.15, 0.2) is 15.4 Å². The summed E-state index contributed by atoms with van der Waals surface area (Å²) in [6.07, 6.45) is -3.90. The Morgan fingerprint density at radius 2 is 1.77 bits per heavy atom. The second-order valence-electron chi connectivity index (χ2n) is 8.69. The van der Waals surface area contributed by atoms with Crippen molar-refractivity contribution in [3.63, 3.8) is 0 Å². The van der Waals surface area contributed by atoms with Crippen molar-refractivity contribution in [1.82, 2.24) is 4.90 Å². The Hall–Kier alpha value is -2.99. The molecule has 2 N–H and O–H groups in total. The van der Waals surface area contributed by atoms with Gasteiger partial charge in [-0.25, -0.2) is 8.42 Å². The van der Waals surface area contributed by atoms with Crippen molar-refractivity contribution in [3.05, 3.63) is 59.2 Å². The number of rotatable bonds is 6. The van der Waals surface area contributed by atoms with Gasteiger partial charge in [-0.05, 0) is 47.9 Å². The number of hydrogen-bond donors (Lipinski definition) is 2. The molecule has 0 aliphatic carbocycles. The van der Waals surface area contributed by atoms with Gasteiger partial charge >= 0.3 is 6.18 Å². The number of hydrogen-bond acceptors (Lipinski definition) is 5. The average molecular weight is 517 g/mol. The average Bonchev–Trinajstić information content (AvgIpc) is 3.16. The number of alkyl halides is 4. The highest BCUT2D eigenvalue weighted by atomic mass is 32.2. The van der Waals surface area contributed by atoms with Gasteiger partial charge in [0, 0.05) is 18.5 Å². The Kier molecular flexibility index (Phi) is 7.02. The predicted molar refractivity (Wildman–Crippen MR) is 119 cm³/mol. The van der Waals surface area contributed by atoms with Crippen LogP contribution in [-0.2, 0) is 31.6 Å². The van der Waals surface area contributed by atoms with Gasteiger partial charge in [-0.2, -0.15) is 13.2 Å². The minimum Gasteiger partial charge on any atom is -0.376 e. The van der Waals surface area contributed by atoms with E-state index >= 15 is 0 Å². The zero-order chi connectivity index (χ0) is 26.3. The second-order valence-corrected chi connectivity index (χ2v) is 10.7. The van der Waals surface area contributed by atoms with Crippen LogP contribution in [0.2, 0.25) is 0 Å². The molecule has 1 aliphatic rings. The Morgan fingerprint density at radius 3 is 2.29 bits per heavy atom. The number of amides is 2. The smallest absolute Gasteiger partial charge is 0.376 e. The van der Waals surface area contributed by atoms with Crippen LogP contribution in [0, 0.1) is 5.92 Å². The highest BCUT2D eigenvalue weighted by Gasteiger charge is 2.51. The predicted octanol–water partition coefficient (Wildman–Crippen LogP) is 3.49. The number of fused-ring (bicyclic) bond motifs is 1. The molecule has 0 aromatic heterocycles. The SMILES string of the molecule is CC(CF)C(=O)N1Cc2cc(S(C)(=O)=O)ccc2C1C(=O)Nc1ccc(C(C)(O)C(F)(F)F)cc1. The van der Waals surface area contributed by atoms with Crippen molar-refractivity contribution in [1.29, 1.82) is 0 Å². The van der Waals surface area contributed by atoms with E-state index in [1.54, 1.807) is 0 Å². The number of halogens is 4. The molecule has 0 fully saturated rings. The molecule has 0 saturated heterocycles. The molecule has 2 amide bonds. The second kappa shape index (κ2) is 9.23. The van der Waals surface area contributed by atoms with Crippen LogP contribution in [0.4, 0.5) is 23.2 Å². The van der Waals surface area contributed by atoms with Crippen LogP contribution in [0.3, 0.4) is 0 Å². The molecular formula is C23H24F4N2O5S. The first-order chi connectivity index (χ1) is 16.1. The first-order valence-electron chi connectivity index (χ1n) is 10.5. The summed E-state index contributed by atoms with van der Waals surface area (Å²) in [7, 11) is -3.56. The summed E-state index contributed by atoms with van der Waals surface area (Å²) in [5.41, 5.74) is -2.67. The zero-order valence-corrected chi connectivity index (χ0v) is 19.9. The van der Waals surface area contributed by atoms with Crippen LogP contribution < -0.4 is 5.32 Å². The van der Waals surface area contributed by atoms with E-state index in [0.717, 1.165) is 23.3 Å². The summed E-state index contributed by atoms with van der Waals surface area (Å²) in [4.78, 5) is 27.1. The molecule has 3 rings (SSSR count). The maximum Gasteiger partial charge on any atom is 0.421 e. The summed E-state index contributed by atoms with van der Waals surface area (Å²) in [6.45, 7) is 0.881. The van der Waals surface area contributed by atoms with E-state index in [1.807, 2.05) is 0 Å². The fourth-order valence-electron chi connectivity index (χ4n) is 3.75. The maximum absolute atomic E-state index is 13.2. The van der Waals surface area contributed by atoms with Gasteiger partial charge in [0.05, 0.1) is 10.8 Å². The molecule has 1 aliphatic heterocycles. The zero-order valence-electron chi connectivity index (χ0n) is 19.1. The first kappa shape index (κ1) is 26.6. The van der Waals surface area contributed by atoms with Crippen molar-refractivity contribution < 1.29 is 40.7 Å². The Balaban J connectivity index is 1.93. The number of nitrogens with zero attached hydrogens (tertiary/aromatic N) is 1. The Morgan fingerprint density at radius 1 is 1.17 bits per heavy atom. The molecule has 3 unspecified atom stereocenters. The van der Waals surface area contributed by atoms with Crippen LogP contribution in [0.15, 0.2) is 47.4 Å². The fourth-order valence-corrected chi connectivity index (χ4v) is 4.42. The lowest BCUT2D eigenvalue weighted by Gasteiger charge is -2.27. The number of sulfone groups is 1. The maximum atomic E-state index is 13.2. The number of anilines is 1. The van der Waals surface area contributed by atoms with Crippen molar-refractivity contribution in [2.75, 3.05) is 18.2 Å². The number of benzene rings is 2. The van der Waals surface area contributed by atoms with Gasteiger partial charge in [0.25, 0.3) is 5.91 Å². The third kappa shape index (κ3) is 5.18. The monoisotopic (exact) mass is 516 g/mol. The van der Waals surface area contributed by atoms with E-state index in [0.29, 0.717) is 18.1 Å². The third-order valence-electron chi connectivity index (χ3n) is 5.94.